The Morgan fingerprint density at radius 2 is 2.07 bits per heavy atom. The first-order valence-electron chi connectivity index (χ1n) is 4.97. The van der Waals surface area contributed by atoms with Crippen LogP contribution in [0.4, 0.5) is 0 Å². The van der Waals surface area contributed by atoms with Crippen LogP contribution in [0.1, 0.15) is 19.3 Å². The van der Waals surface area contributed by atoms with Gasteiger partial charge in [-0.05, 0) is 24.0 Å². The van der Waals surface area contributed by atoms with Gasteiger partial charge in [0.05, 0.1) is 6.42 Å². The van der Waals surface area contributed by atoms with Crippen LogP contribution in [-0.4, -0.2) is 43.1 Å². The largest absolute Gasteiger partial charge is 0.481 e. The molecule has 15 heavy (non-hydrogen) atoms. The van der Waals surface area contributed by atoms with Crippen molar-refractivity contribution in [2.24, 2.45) is 5.41 Å². The highest BCUT2D eigenvalue weighted by Crippen LogP contribution is 2.51. The van der Waals surface area contributed by atoms with Gasteiger partial charge in [0.1, 0.15) is 0 Å². The predicted molar refractivity (Wildman–Crippen MR) is 59.1 cm³/mol. The molecule has 0 aromatic carbocycles. The second kappa shape index (κ2) is 5.72. The van der Waals surface area contributed by atoms with Crippen LogP contribution in [0.25, 0.3) is 0 Å². The van der Waals surface area contributed by atoms with Crippen molar-refractivity contribution in [1.29, 1.82) is 0 Å². The van der Waals surface area contributed by atoms with E-state index in [2.05, 4.69) is 0 Å². The fraction of sp³-hybridized carbons (Fsp3) is 0.900. The molecule has 1 rings (SSSR count). The second-order valence-electron chi connectivity index (χ2n) is 3.99. The highest BCUT2D eigenvalue weighted by atomic mass is 32.2. The average Bonchev–Trinajstić information content (AvgIpc) is 2.92. The van der Waals surface area contributed by atoms with Crippen molar-refractivity contribution in [3.05, 3.63) is 0 Å². The van der Waals surface area contributed by atoms with E-state index in [4.69, 9.17) is 14.6 Å². The van der Waals surface area contributed by atoms with E-state index < -0.39 is 5.97 Å². The lowest BCUT2D eigenvalue weighted by molar-refractivity contribution is -0.138. The normalized spacial score (nSPS) is 18.1. The molecule has 5 heteroatoms. The lowest BCUT2D eigenvalue weighted by atomic mass is 10.1. The van der Waals surface area contributed by atoms with Crippen molar-refractivity contribution in [2.75, 3.05) is 25.7 Å². The number of hydrogen-bond acceptors (Lipinski definition) is 4. The Balaban J connectivity index is 2.16. The minimum absolute atomic E-state index is 0.0581. The van der Waals surface area contributed by atoms with Crippen molar-refractivity contribution >= 4 is 17.7 Å². The van der Waals surface area contributed by atoms with Crippen LogP contribution in [-0.2, 0) is 14.3 Å². The van der Waals surface area contributed by atoms with Gasteiger partial charge in [-0.2, -0.15) is 11.8 Å². The summed E-state index contributed by atoms with van der Waals surface area (Å²) in [5.74, 6) is 0.958. The zero-order chi connectivity index (χ0) is 11.3. The summed E-state index contributed by atoms with van der Waals surface area (Å²) >= 11 is 1.71. The van der Waals surface area contributed by atoms with Crippen LogP contribution in [0.15, 0.2) is 0 Å². The Bertz CT molecular complexity index is 211. The summed E-state index contributed by atoms with van der Waals surface area (Å²) in [7, 11) is 3.22. The first-order chi connectivity index (χ1) is 7.12. The minimum Gasteiger partial charge on any atom is -0.481 e. The monoisotopic (exact) mass is 234 g/mol. The van der Waals surface area contributed by atoms with Crippen LogP contribution in [0, 0.1) is 5.41 Å². The van der Waals surface area contributed by atoms with E-state index >= 15 is 0 Å². The quantitative estimate of drug-likeness (QED) is 0.646. The first-order valence-corrected chi connectivity index (χ1v) is 6.12. The van der Waals surface area contributed by atoms with Gasteiger partial charge in [0.2, 0.25) is 0 Å². The fourth-order valence-corrected chi connectivity index (χ4v) is 2.88. The van der Waals surface area contributed by atoms with Crippen molar-refractivity contribution in [3.8, 4) is 0 Å². The van der Waals surface area contributed by atoms with Gasteiger partial charge in [-0.1, -0.05) is 0 Å². The van der Waals surface area contributed by atoms with Crippen LogP contribution in [0.5, 0.6) is 0 Å². The lowest BCUT2D eigenvalue weighted by Crippen LogP contribution is -2.18. The third-order valence-corrected chi connectivity index (χ3v) is 4.00. The zero-order valence-corrected chi connectivity index (χ0v) is 10.0. The van der Waals surface area contributed by atoms with E-state index in [0.29, 0.717) is 6.42 Å². The van der Waals surface area contributed by atoms with Crippen LogP contribution in [0.3, 0.4) is 0 Å². The smallest absolute Gasteiger partial charge is 0.303 e. The molecule has 88 valence electrons. The number of carboxylic acids is 1. The van der Waals surface area contributed by atoms with Crippen molar-refractivity contribution < 1.29 is 19.4 Å². The Labute approximate surface area is 94.3 Å². The SMILES string of the molecule is COC(CSCC1(CC(=O)O)CC1)OC. The molecular weight excluding hydrogens is 216 g/mol. The van der Waals surface area contributed by atoms with Gasteiger partial charge in [-0.15, -0.1) is 0 Å². The molecule has 0 unspecified atom stereocenters. The minimum atomic E-state index is -0.692. The average molecular weight is 234 g/mol. The van der Waals surface area contributed by atoms with Crippen molar-refractivity contribution in [1.82, 2.24) is 0 Å². The number of carboxylic acid groups (broad SMARTS) is 1. The maximum Gasteiger partial charge on any atom is 0.303 e. The Morgan fingerprint density at radius 1 is 1.47 bits per heavy atom. The number of hydrogen-bond donors (Lipinski definition) is 1. The van der Waals surface area contributed by atoms with Gasteiger partial charge in [-0.25, -0.2) is 0 Å². The fourth-order valence-electron chi connectivity index (χ4n) is 1.47. The number of carbonyl (C=O) groups is 1. The molecule has 0 bridgehead atoms. The lowest BCUT2D eigenvalue weighted by Gasteiger charge is -2.15. The van der Waals surface area contributed by atoms with Gasteiger partial charge in [0.25, 0.3) is 0 Å². The summed E-state index contributed by atoms with van der Waals surface area (Å²) in [6, 6.07) is 0. The van der Waals surface area contributed by atoms with E-state index in [1.165, 1.54) is 0 Å². The number of thioether (sulfide) groups is 1. The summed E-state index contributed by atoms with van der Waals surface area (Å²) in [6.45, 7) is 0. The second-order valence-corrected chi connectivity index (χ2v) is 5.02. The van der Waals surface area contributed by atoms with Crippen LogP contribution >= 0.6 is 11.8 Å². The maximum atomic E-state index is 10.6. The molecule has 1 N–H and O–H groups in total. The predicted octanol–water partition coefficient (Wildman–Crippen LogP) is 1.59. The van der Waals surface area contributed by atoms with E-state index in [0.717, 1.165) is 24.3 Å². The molecule has 1 aliphatic carbocycles. The Morgan fingerprint density at radius 3 is 2.47 bits per heavy atom. The highest BCUT2D eigenvalue weighted by molar-refractivity contribution is 7.99. The summed E-state index contributed by atoms with van der Waals surface area (Å²) < 4.78 is 10.1. The van der Waals surface area contributed by atoms with E-state index in [9.17, 15) is 4.79 Å². The van der Waals surface area contributed by atoms with Crippen molar-refractivity contribution in [2.45, 2.75) is 25.6 Å². The Kier molecular flexibility index (Phi) is 4.89. The topological polar surface area (TPSA) is 55.8 Å². The highest BCUT2D eigenvalue weighted by Gasteiger charge is 2.44. The van der Waals surface area contributed by atoms with Gasteiger partial charge in [0, 0.05) is 20.0 Å². The van der Waals surface area contributed by atoms with E-state index in [1.54, 1.807) is 26.0 Å². The molecule has 0 spiro atoms. The van der Waals surface area contributed by atoms with Crippen molar-refractivity contribution in [3.63, 3.8) is 0 Å². The third-order valence-electron chi connectivity index (χ3n) is 2.67. The van der Waals surface area contributed by atoms with Gasteiger partial charge >= 0.3 is 5.97 Å². The molecule has 0 heterocycles. The van der Waals surface area contributed by atoms with Gasteiger partial charge in [-0.3, -0.25) is 4.79 Å². The van der Waals surface area contributed by atoms with Crippen LogP contribution in [0.2, 0.25) is 0 Å². The molecule has 0 aromatic heterocycles. The Hall–Kier alpha value is -0.260. The van der Waals surface area contributed by atoms with Gasteiger partial charge in [0.15, 0.2) is 6.29 Å². The number of aliphatic carboxylic acids is 1. The summed E-state index contributed by atoms with van der Waals surface area (Å²) in [4.78, 5) is 10.6. The number of methoxy groups -OCH3 is 2. The first kappa shape index (κ1) is 12.8. The maximum absolute atomic E-state index is 10.6. The molecule has 0 aliphatic heterocycles. The molecule has 0 aromatic rings. The summed E-state index contributed by atoms with van der Waals surface area (Å²) in [5.41, 5.74) is 0.0581. The standard InChI is InChI=1S/C10H18O4S/c1-13-9(14-2)6-15-7-10(3-4-10)5-8(11)12/h9H,3-7H2,1-2H3,(H,11,12). The molecule has 4 nitrogen and oxygen atoms in total. The molecule has 0 radical (unpaired) electrons. The summed E-state index contributed by atoms with van der Waals surface area (Å²) in [5, 5.41) is 8.73. The molecule has 0 amide bonds. The third kappa shape index (κ3) is 4.40. The molecule has 0 saturated heterocycles. The molecule has 1 fully saturated rings. The van der Waals surface area contributed by atoms with Gasteiger partial charge < -0.3 is 14.6 Å². The molecule has 1 saturated carbocycles. The van der Waals surface area contributed by atoms with Crippen LogP contribution < -0.4 is 0 Å². The van der Waals surface area contributed by atoms with E-state index in [1.807, 2.05) is 0 Å². The number of ether oxygens (including phenoxy) is 2. The van der Waals surface area contributed by atoms with E-state index in [-0.39, 0.29) is 11.7 Å². The molecule has 0 atom stereocenters. The summed E-state index contributed by atoms with van der Waals surface area (Å²) in [6.07, 6.45) is 2.19. The molecular formula is C10H18O4S. The number of rotatable bonds is 8. The molecule has 1 aliphatic rings. The zero-order valence-electron chi connectivity index (χ0n) is 9.19.